The van der Waals surface area contributed by atoms with Gasteiger partial charge in [-0.05, 0) is 0 Å². The summed E-state index contributed by atoms with van der Waals surface area (Å²) in [5.74, 6) is -1.12. The van der Waals surface area contributed by atoms with Crippen LogP contribution in [0.4, 0.5) is 0 Å². The van der Waals surface area contributed by atoms with Crippen LogP contribution < -0.4 is 0 Å². The molecule has 4 nitrogen and oxygen atoms in total. The van der Waals surface area contributed by atoms with Crippen molar-refractivity contribution in [3.63, 3.8) is 0 Å². The molecule has 0 bridgehead atoms. The highest BCUT2D eigenvalue weighted by Gasteiger charge is 2.30. The van der Waals surface area contributed by atoms with Gasteiger partial charge in [0.15, 0.2) is 11.6 Å². The molecule has 0 aliphatic heterocycles. The van der Waals surface area contributed by atoms with Crippen molar-refractivity contribution in [1.82, 2.24) is 0 Å². The van der Waals surface area contributed by atoms with Gasteiger partial charge in [0.25, 0.3) is 0 Å². The lowest BCUT2D eigenvalue weighted by Crippen LogP contribution is -2.34. The first-order valence-corrected chi connectivity index (χ1v) is 6.16. The molecule has 0 heterocycles. The zero-order chi connectivity index (χ0) is 13.5. The third-order valence-electron chi connectivity index (χ3n) is 3.54. The van der Waals surface area contributed by atoms with Gasteiger partial charge >= 0.3 is 0 Å². The third kappa shape index (κ3) is 3.65. The summed E-state index contributed by atoms with van der Waals surface area (Å²) in [4.78, 5) is 0. The van der Waals surface area contributed by atoms with Gasteiger partial charge in [-0.3, -0.25) is 0 Å². The number of rotatable bonds is 4. The molecule has 0 N–H and O–H groups in total. The Bertz CT molecular complexity index is 238. The van der Waals surface area contributed by atoms with E-state index in [1.165, 1.54) is 0 Å². The van der Waals surface area contributed by atoms with Crippen LogP contribution >= 0.6 is 0 Å². The standard InChI is InChI=1S/C14H24O4/c1-15-13(16-2)9-5-7-11-14(17-3,18-4)12-8-6-10-13/h5-8H,9-12H2,1-4H3/b7-5+,8-6+. The molecule has 0 saturated carbocycles. The zero-order valence-electron chi connectivity index (χ0n) is 11.8. The molecule has 0 amide bonds. The van der Waals surface area contributed by atoms with E-state index in [1.54, 1.807) is 28.4 Å². The van der Waals surface area contributed by atoms with Crippen molar-refractivity contribution in [2.45, 2.75) is 37.3 Å². The van der Waals surface area contributed by atoms with Crippen LogP contribution in [0.2, 0.25) is 0 Å². The van der Waals surface area contributed by atoms with E-state index in [2.05, 4.69) is 24.3 Å². The van der Waals surface area contributed by atoms with E-state index < -0.39 is 11.6 Å². The molecule has 0 aromatic rings. The molecule has 1 aliphatic rings. The molecule has 0 fully saturated rings. The second-order valence-corrected chi connectivity index (χ2v) is 4.40. The van der Waals surface area contributed by atoms with Crippen LogP contribution in [0.1, 0.15) is 25.7 Å². The van der Waals surface area contributed by atoms with Gasteiger partial charge in [0.2, 0.25) is 0 Å². The molecular weight excluding hydrogens is 232 g/mol. The zero-order valence-corrected chi connectivity index (χ0v) is 11.8. The fourth-order valence-corrected chi connectivity index (χ4v) is 2.05. The van der Waals surface area contributed by atoms with Crippen molar-refractivity contribution < 1.29 is 18.9 Å². The summed E-state index contributed by atoms with van der Waals surface area (Å²) in [6.07, 6.45) is 11.0. The van der Waals surface area contributed by atoms with Crippen molar-refractivity contribution in [3.8, 4) is 0 Å². The molecule has 1 rings (SSSR count). The summed E-state index contributed by atoms with van der Waals surface area (Å²) in [5, 5.41) is 0. The summed E-state index contributed by atoms with van der Waals surface area (Å²) >= 11 is 0. The summed E-state index contributed by atoms with van der Waals surface area (Å²) in [7, 11) is 6.69. The highest BCUT2D eigenvalue weighted by molar-refractivity contribution is 5.00. The minimum absolute atomic E-state index is 0.562. The maximum atomic E-state index is 5.48. The quantitative estimate of drug-likeness (QED) is 0.572. The van der Waals surface area contributed by atoms with Crippen LogP contribution in [0, 0.1) is 0 Å². The summed E-state index contributed by atoms with van der Waals surface area (Å²) < 4.78 is 21.9. The largest absolute Gasteiger partial charge is 0.353 e. The third-order valence-corrected chi connectivity index (χ3v) is 3.54. The maximum absolute atomic E-state index is 5.48. The van der Waals surface area contributed by atoms with Crippen LogP contribution in [0.15, 0.2) is 24.3 Å². The Balaban J connectivity index is 2.81. The van der Waals surface area contributed by atoms with E-state index in [0.717, 1.165) is 0 Å². The lowest BCUT2D eigenvalue weighted by atomic mass is 10.0. The number of hydrogen-bond donors (Lipinski definition) is 0. The van der Waals surface area contributed by atoms with Gasteiger partial charge in [0, 0.05) is 54.1 Å². The molecule has 0 saturated heterocycles. The summed E-state index contributed by atoms with van der Waals surface area (Å²) in [6, 6.07) is 0. The Morgan fingerprint density at radius 3 is 0.944 bits per heavy atom. The first-order chi connectivity index (χ1) is 8.66. The Morgan fingerprint density at radius 2 is 0.778 bits per heavy atom. The Labute approximate surface area is 110 Å². The minimum Gasteiger partial charge on any atom is -0.353 e. The van der Waals surface area contributed by atoms with E-state index >= 15 is 0 Å². The van der Waals surface area contributed by atoms with Crippen molar-refractivity contribution in [2.24, 2.45) is 0 Å². The van der Waals surface area contributed by atoms with Gasteiger partial charge in [-0.25, -0.2) is 0 Å². The minimum atomic E-state index is -0.562. The number of hydrogen-bond acceptors (Lipinski definition) is 4. The van der Waals surface area contributed by atoms with Gasteiger partial charge in [-0.1, -0.05) is 24.3 Å². The van der Waals surface area contributed by atoms with Crippen molar-refractivity contribution in [2.75, 3.05) is 28.4 Å². The summed E-state index contributed by atoms with van der Waals surface area (Å²) in [5.41, 5.74) is 0. The molecule has 0 radical (unpaired) electrons. The van der Waals surface area contributed by atoms with Gasteiger partial charge in [0.1, 0.15) is 0 Å². The highest BCUT2D eigenvalue weighted by atomic mass is 16.7. The second-order valence-electron chi connectivity index (χ2n) is 4.40. The lowest BCUT2D eigenvalue weighted by molar-refractivity contribution is -0.206. The molecule has 0 spiro atoms. The molecule has 0 unspecified atom stereocenters. The van der Waals surface area contributed by atoms with Gasteiger partial charge in [0.05, 0.1) is 0 Å². The van der Waals surface area contributed by atoms with Crippen molar-refractivity contribution in [1.29, 1.82) is 0 Å². The molecule has 1 aliphatic carbocycles. The van der Waals surface area contributed by atoms with E-state index in [-0.39, 0.29) is 0 Å². The number of methoxy groups -OCH3 is 4. The topological polar surface area (TPSA) is 36.9 Å². The van der Waals surface area contributed by atoms with Gasteiger partial charge in [-0.15, -0.1) is 0 Å². The fraction of sp³-hybridized carbons (Fsp3) is 0.714. The predicted molar refractivity (Wildman–Crippen MR) is 70.2 cm³/mol. The van der Waals surface area contributed by atoms with Crippen molar-refractivity contribution in [3.05, 3.63) is 24.3 Å². The molecule has 0 aromatic carbocycles. The van der Waals surface area contributed by atoms with E-state index in [4.69, 9.17) is 18.9 Å². The normalized spacial score (nSPS) is 26.4. The van der Waals surface area contributed by atoms with Crippen LogP contribution in [0.5, 0.6) is 0 Å². The van der Waals surface area contributed by atoms with E-state index in [0.29, 0.717) is 25.7 Å². The average Bonchev–Trinajstić information content (AvgIpc) is 2.44. The SMILES string of the molecule is COC1(OC)C/C=C/CC(OC)(OC)C/C=C/C1. The Kier molecular flexibility index (Phi) is 6.02. The average molecular weight is 256 g/mol. The number of ether oxygens (including phenoxy) is 4. The molecule has 0 atom stereocenters. The molecule has 0 aromatic heterocycles. The Hall–Kier alpha value is -0.680. The van der Waals surface area contributed by atoms with E-state index in [1.807, 2.05) is 0 Å². The fourth-order valence-electron chi connectivity index (χ4n) is 2.05. The second kappa shape index (κ2) is 7.04. The van der Waals surface area contributed by atoms with Crippen molar-refractivity contribution >= 4 is 0 Å². The van der Waals surface area contributed by atoms with E-state index in [9.17, 15) is 0 Å². The smallest absolute Gasteiger partial charge is 0.174 e. The molecule has 104 valence electrons. The molecule has 18 heavy (non-hydrogen) atoms. The molecule has 4 heteroatoms. The highest BCUT2D eigenvalue weighted by Crippen LogP contribution is 2.27. The van der Waals surface area contributed by atoms with Crippen LogP contribution in [-0.4, -0.2) is 40.0 Å². The van der Waals surface area contributed by atoms with Gasteiger partial charge in [-0.2, -0.15) is 0 Å². The Morgan fingerprint density at radius 1 is 0.556 bits per heavy atom. The van der Waals surface area contributed by atoms with Crippen LogP contribution in [0.3, 0.4) is 0 Å². The molecular formula is C14H24O4. The first-order valence-electron chi connectivity index (χ1n) is 6.16. The van der Waals surface area contributed by atoms with Crippen LogP contribution in [0.25, 0.3) is 0 Å². The predicted octanol–water partition coefficient (Wildman–Crippen LogP) is 2.65. The van der Waals surface area contributed by atoms with Crippen LogP contribution in [-0.2, 0) is 18.9 Å². The maximum Gasteiger partial charge on any atom is 0.174 e. The van der Waals surface area contributed by atoms with Gasteiger partial charge < -0.3 is 18.9 Å². The first kappa shape index (κ1) is 15.4. The lowest BCUT2D eigenvalue weighted by Gasteiger charge is -2.31. The monoisotopic (exact) mass is 256 g/mol. The summed E-state index contributed by atoms with van der Waals surface area (Å²) in [6.45, 7) is 0.